The maximum Gasteiger partial charge on any atom is 0.0553 e. The lowest BCUT2D eigenvalue weighted by Crippen LogP contribution is -2.13. The number of hydrogen-bond donors (Lipinski definition) is 0. The molecule has 0 radical (unpaired) electrons. The number of aromatic nitrogens is 1. The van der Waals surface area contributed by atoms with Crippen molar-refractivity contribution in [1.82, 2.24) is 4.57 Å². The third-order valence-electron chi connectivity index (χ3n) is 15.9. The minimum atomic E-state index is 1.05. The molecule has 0 N–H and O–H groups in total. The number of hydrogen-bond acceptors (Lipinski definition) is 3. The molecule has 0 bridgehead atoms. The van der Waals surface area contributed by atoms with Gasteiger partial charge in [-0.1, -0.05) is 182 Å². The first-order valence-corrected chi connectivity index (χ1v) is 27.4. The standard InChI is InChI=1S/C76H52N4/c1-6-17-53(18-7-1)54-31-39-69(40-32-54)80-72-51-58(36-49-70(72)76-71-50-35-57-20-16-19-56-29-30-59(52-73(76)80)75(71)74(56)57)55-33-37-64(38-34-55)79(67-45-41-65(42-46-67)77(60-21-8-2-9-22-60)61-23-10-3-11-24-61)68-47-43-66(44-48-68)78(62-25-12-4-13-26-62)63-27-14-5-15-28-63/h1-52H. The Hall–Kier alpha value is -10.7. The van der Waals surface area contributed by atoms with Crippen LogP contribution in [0.2, 0.25) is 0 Å². The maximum atomic E-state index is 2.48. The molecule has 0 atom stereocenters. The molecule has 80 heavy (non-hydrogen) atoms. The van der Waals surface area contributed by atoms with Gasteiger partial charge in [-0.05, 0) is 188 Å². The fraction of sp³-hybridized carbons (Fsp3) is 0. The van der Waals surface area contributed by atoms with Gasteiger partial charge in [0.05, 0.1) is 11.0 Å². The summed E-state index contributed by atoms with van der Waals surface area (Å²) in [5, 5.41) is 10.3. The van der Waals surface area contributed by atoms with E-state index < -0.39 is 0 Å². The summed E-state index contributed by atoms with van der Waals surface area (Å²) in [5.74, 6) is 0. The lowest BCUT2D eigenvalue weighted by Gasteiger charge is -2.29. The fourth-order valence-electron chi connectivity index (χ4n) is 12.2. The van der Waals surface area contributed by atoms with E-state index in [0.717, 1.165) is 68.0 Å². The van der Waals surface area contributed by atoms with Gasteiger partial charge in [-0.25, -0.2) is 0 Å². The highest BCUT2D eigenvalue weighted by atomic mass is 15.2. The normalized spacial score (nSPS) is 11.5. The van der Waals surface area contributed by atoms with Crippen LogP contribution in [0.3, 0.4) is 0 Å². The average Bonchev–Trinajstić information content (AvgIpc) is 3.90. The summed E-state index contributed by atoms with van der Waals surface area (Å²) in [4.78, 5) is 6.98. The van der Waals surface area contributed by atoms with E-state index in [9.17, 15) is 0 Å². The van der Waals surface area contributed by atoms with Crippen LogP contribution >= 0.6 is 0 Å². The highest BCUT2D eigenvalue weighted by Crippen LogP contribution is 2.46. The lowest BCUT2D eigenvalue weighted by atomic mass is 9.92. The summed E-state index contributed by atoms with van der Waals surface area (Å²) in [6.45, 7) is 0. The third-order valence-corrected chi connectivity index (χ3v) is 15.9. The Morgan fingerprint density at radius 2 is 0.550 bits per heavy atom. The molecule has 0 aliphatic rings. The highest BCUT2D eigenvalue weighted by Gasteiger charge is 2.22. The zero-order valence-corrected chi connectivity index (χ0v) is 43.8. The molecule has 0 aliphatic heterocycles. The summed E-state index contributed by atoms with van der Waals surface area (Å²) in [6.07, 6.45) is 0. The summed E-state index contributed by atoms with van der Waals surface area (Å²) in [5.41, 5.74) is 17.9. The molecule has 0 aliphatic carbocycles. The van der Waals surface area contributed by atoms with E-state index in [1.165, 1.54) is 65.3 Å². The van der Waals surface area contributed by atoms with Crippen LogP contribution in [0, 0.1) is 0 Å². The topological polar surface area (TPSA) is 14.7 Å². The minimum absolute atomic E-state index is 1.05. The van der Waals surface area contributed by atoms with Crippen molar-refractivity contribution < 1.29 is 0 Å². The maximum absolute atomic E-state index is 2.48. The van der Waals surface area contributed by atoms with Gasteiger partial charge < -0.3 is 19.3 Å². The van der Waals surface area contributed by atoms with E-state index in [-0.39, 0.29) is 0 Å². The van der Waals surface area contributed by atoms with E-state index in [1.807, 2.05) is 0 Å². The third kappa shape index (κ3) is 8.17. The summed E-state index contributed by atoms with van der Waals surface area (Å²) in [6, 6.07) is 114. The van der Waals surface area contributed by atoms with Gasteiger partial charge in [-0.2, -0.15) is 0 Å². The Morgan fingerprint density at radius 3 is 1.02 bits per heavy atom. The van der Waals surface area contributed by atoms with Gasteiger partial charge in [0.25, 0.3) is 0 Å². The zero-order chi connectivity index (χ0) is 52.9. The molecule has 15 aromatic rings. The van der Waals surface area contributed by atoms with Crippen molar-refractivity contribution in [3.63, 3.8) is 0 Å². The Morgan fingerprint density at radius 1 is 0.200 bits per heavy atom. The molecule has 1 heterocycles. The highest BCUT2D eigenvalue weighted by molar-refractivity contribution is 6.33. The fourth-order valence-corrected chi connectivity index (χ4v) is 12.2. The second-order valence-corrected chi connectivity index (χ2v) is 20.5. The van der Waals surface area contributed by atoms with Crippen LogP contribution in [0.25, 0.3) is 82.1 Å². The molecule has 0 fully saturated rings. The number of benzene rings is 14. The predicted octanol–water partition coefficient (Wildman–Crippen LogP) is 21.4. The molecular weight excluding hydrogens is 969 g/mol. The number of rotatable bonds is 12. The summed E-state index contributed by atoms with van der Waals surface area (Å²) < 4.78 is 2.48. The van der Waals surface area contributed by atoms with Gasteiger partial charge in [0.2, 0.25) is 0 Å². The van der Waals surface area contributed by atoms with Crippen molar-refractivity contribution in [2.75, 3.05) is 14.7 Å². The van der Waals surface area contributed by atoms with Crippen LogP contribution in [0.15, 0.2) is 315 Å². The minimum Gasteiger partial charge on any atom is -0.311 e. The molecular formula is C76H52N4. The van der Waals surface area contributed by atoms with Gasteiger partial charge in [0.1, 0.15) is 0 Å². The largest absolute Gasteiger partial charge is 0.311 e. The quantitative estimate of drug-likeness (QED) is 0.113. The van der Waals surface area contributed by atoms with Crippen LogP contribution < -0.4 is 14.7 Å². The monoisotopic (exact) mass is 1020 g/mol. The molecule has 0 saturated carbocycles. The van der Waals surface area contributed by atoms with Crippen LogP contribution in [0.4, 0.5) is 51.2 Å². The molecule has 0 spiro atoms. The molecule has 0 unspecified atom stereocenters. The molecule has 4 nitrogen and oxygen atoms in total. The van der Waals surface area contributed by atoms with Crippen molar-refractivity contribution in [3.8, 4) is 27.9 Å². The second kappa shape index (κ2) is 19.7. The van der Waals surface area contributed by atoms with Crippen LogP contribution in [-0.4, -0.2) is 4.57 Å². The molecule has 0 amide bonds. The van der Waals surface area contributed by atoms with Gasteiger partial charge in [-0.15, -0.1) is 0 Å². The number of anilines is 9. The molecule has 0 saturated heterocycles. The Labute approximate surface area is 465 Å². The van der Waals surface area contributed by atoms with E-state index in [2.05, 4.69) is 335 Å². The first kappa shape index (κ1) is 46.6. The van der Waals surface area contributed by atoms with Crippen LogP contribution in [0.5, 0.6) is 0 Å². The van der Waals surface area contributed by atoms with E-state index in [0.29, 0.717) is 0 Å². The first-order chi connectivity index (χ1) is 39.7. The van der Waals surface area contributed by atoms with Crippen molar-refractivity contribution in [1.29, 1.82) is 0 Å². The van der Waals surface area contributed by atoms with Gasteiger partial charge in [0.15, 0.2) is 0 Å². The summed E-state index contributed by atoms with van der Waals surface area (Å²) in [7, 11) is 0. The van der Waals surface area contributed by atoms with E-state index in [4.69, 9.17) is 0 Å². The average molecular weight is 1020 g/mol. The number of nitrogens with zero attached hydrogens (tertiary/aromatic N) is 4. The molecule has 1 aromatic heterocycles. The Balaban J connectivity index is 0.855. The van der Waals surface area contributed by atoms with Crippen LogP contribution in [-0.2, 0) is 0 Å². The Kier molecular flexibility index (Phi) is 11.5. The summed E-state index contributed by atoms with van der Waals surface area (Å²) >= 11 is 0. The van der Waals surface area contributed by atoms with E-state index in [1.54, 1.807) is 0 Å². The van der Waals surface area contributed by atoms with Gasteiger partial charge >= 0.3 is 0 Å². The zero-order valence-electron chi connectivity index (χ0n) is 43.8. The van der Waals surface area contributed by atoms with Gasteiger partial charge in [-0.3, -0.25) is 0 Å². The smallest absolute Gasteiger partial charge is 0.0553 e. The van der Waals surface area contributed by atoms with Crippen LogP contribution in [0.1, 0.15) is 0 Å². The molecule has 15 rings (SSSR count). The van der Waals surface area contributed by atoms with Crippen molar-refractivity contribution in [2.45, 2.75) is 0 Å². The molecule has 4 heteroatoms. The van der Waals surface area contributed by atoms with E-state index >= 15 is 0 Å². The first-order valence-electron chi connectivity index (χ1n) is 27.4. The predicted molar refractivity (Wildman–Crippen MR) is 339 cm³/mol. The second-order valence-electron chi connectivity index (χ2n) is 20.5. The number of para-hydroxylation sites is 4. The SMILES string of the molecule is c1ccc(-c2ccc(-n3c4cc(-c5ccc(N(c6ccc(N(c7ccccc7)c7ccccc7)cc6)c6ccc(N(c7ccccc7)c7ccccc7)cc6)cc5)ccc4c4c5ccc6cccc7ccc(cc43)c5c76)cc2)cc1. The molecule has 376 valence electrons. The Bertz CT molecular complexity index is 4420. The molecule has 14 aromatic carbocycles. The number of fused-ring (bicyclic) bond motifs is 4. The van der Waals surface area contributed by atoms with Gasteiger partial charge in [0, 0.05) is 67.6 Å². The van der Waals surface area contributed by atoms with Crippen molar-refractivity contribution >= 4 is 105 Å². The van der Waals surface area contributed by atoms with Crippen molar-refractivity contribution in [2.24, 2.45) is 0 Å². The van der Waals surface area contributed by atoms with Crippen molar-refractivity contribution in [3.05, 3.63) is 315 Å². The lowest BCUT2D eigenvalue weighted by molar-refractivity contribution is 1.18.